The number of rotatable bonds is 6. The molecule has 3 N–H and O–H groups in total. The number of nitriles is 1. The predicted octanol–water partition coefficient (Wildman–Crippen LogP) is 3.36. The van der Waals surface area contributed by atoms with Crippen molar-refractivity contribution in [1.29, 1.82) is 5.26 Å². The number of nitrogens with one attached hydrogen (secondary N) is 1. The molecule has 2 aromatic rings. The van der Waals surface area contributed by atoms with Crippen molar-refractivity contribution in [3.8, 4) is 6.07 Å². The van der Waals surface area contributed by atoms with Crippen LogP contribution in [0.2, 0.25) is 0 Å². The number of benzene rings is 2. The third-order valence-electron chi connectivity index (χ3n) is 4.23. The zero-order chi connectivity index (χ0) is 17.7. The second-order valence-corrected chi connectivity index (χ2v) is 6.53. The van der Waals surface area contributed by atoms with Crippen LogP contribution >= 0.6 is 0 Å². The van der Waals surface area contributed by atoms with Crippen LogP contribution in [0, 0.1) is 18.3 Å². The zero-order valence-corrected chi connectivity index (χ0v) is 14.3. The predicted molar refractivity (Wildman–Crippen MR) is 95.4 cm³/mol. The summed E-state index contributed by atoms with van der Waals surface area (Å²) >= 11 is 0. The van der Waals surface area contributed by atoms with Gasteiger partial charge < -0.3 is 5.73 Å². The number of hydrogen-bond donors (Lipinski definition) is 2. The monoisotopic (exact) mass is 321 g/mol. The summed E-state index contributed by atoms with van der Waals surface area (Å²) in [7, 11) is 0. The maximum Gasteiger partial charge on any atom is 0.150 e. The molecule has 0 fully saturated rings. The molecule has 2 rings (SSSR count). The molecule has 0 bridgehead atoms. The van der Waals surface area contributed by atoms with Gasteiger partial charge in [0.2, 0.25) is 0 Å². The van der Waals surface area contributed by atoms with Gasteiger partial charge in [0.1, 0.15) is 6.29 Å². The third kappa shape index (κ3) is 4.08. The summed E-state index contributed by atoms with van der Waals surface area (Å²) < 4.78 is 0. The molecule has 1 unspecified atom stereocenters. The Bertz CT molecular complexity index is 775. The van der Waals surface area contributed by atoms with Crippen molar-refractivity contribution in [2.24, 2.45) is 5.73 Å². The Balaban J connectivity index is 2.13. The number of nitrogens with two attached hydrogens (primary N) is 1. The first-order chi connectivity index (χ1) is 11.4. The van der Waals surface area contributed by atoms with Crippen LogP contribution in [0.3, 0.4) is 0 Å². The van der Waals surface area contributed by atoms with E-state index < -0.39 is 5.41 Å². The van der Waals surface area contributed by atoms with Gasteiger partial charge in [-0.15, -0.1) is 0 Å². The first-order valence-corrected chi connectivity index (χ1v) is 7.93. The van der Waals surface area contributed by atoms with Crippen LogP contribution in [0.25, 0.3) is 0 Å². The van der Waals surface area contributed by atoms with Crippen molar-refractivity contribution >= 4 is 6.29 Å². The molecule has 0 saturated carbocycles. The molecule has 0 spiro atoms. The van der Waals surface area contributed by atoms with Crippen molar-refractivity contribution in [2.75, 3.05) is 0 Å². The molecule has 0 amide bonds. The highest BCUT2D eigenvalue weighted by molar-refractivity contribution is 5.75. The Morgan fingerprint density at radius 2 is 2.04 bits per heavy atom. The molecule has 0 saturated heterocycles. The SMILES string of the molecule is Cc1ccc(C=O)cc1C(N)NCc1cccc(C(C)(C)C#N)c1. The van der Waals surface area contributed by atoms with Crippen LogP contribution in [0.5, 0.6) is 0 Å². The lowest BCUT2D eigenvalue weighted by Gasteiger charge is -2.19. The molecule has 0 aliphatic carbocycles. The van der Waals surface area contributed by atoms with Crippen LogP contribution in [0.4, 0.5) is 0 Å². The minimum Gasteiger partial charge on any atom is -0.312 e. The minimum atomic E-state index is -0.521. The molecular weight excluding hydrogens is 298 g/mol. The fraction of sp³-hybridized carbons (Fsp3) is 0.300. The van der Waals surface area contributed by atoms with Crippen LogP contribution in [0.15, 0.2) is 42.5 Å². The van der Waals surface area contributed by atoms with Crippen molar-refractivity contribution in [1.82, 2.24) is 5.32 Å². The molecule has 0 aromatic heterocycles. The second kappa shape index (κ2) is 7.39. The van der Waals surface area contributed by atoms with Gasteiger partial charge in [0, 0.05) is 12.1 Å². The number of carbonyl (C=O) groups is 1. The molecule has 4 heteroatoms. The molecule has 0 radical (unpaired) electrons. The van der Waals surface area contributed by atoms with E-state index in [1.54, 1.807) is 6.07 Å². The van der Waals surface area contributed by atoms with Gasteiger partial charge in [-0.25, -0.2) is 0 Å². The average Bonchev–Trinajstić information content (AvgIpc) is 2.60. The van der Waals surface area contributed by atoms with E-state index in [9.17, 15) is 10.1 Å². The Labute approximate surface area is 143 Å². The Morgan fingerprint density at radius 1 is 1.29 bits per heavy atom. The van der Waals surface area contributed by atoms with Gasteiger partial charge in [-0.2, -0.15) is 5.26 Å². The lowest BCUT2D eigenvalue weighted by molar-refractivity contribution is 0.112. The van der Waals surface area contributed by atoms with Crippen molar-refractivity contribution in [3.05, 3.63) is 70.3 Å². The third-order valence-corrected chi connectivity index (χ3v) is 4.23. The normalized spacial score (nSPS) is 12.5. The van der Waals surface area contributed by atoms with Crippen LogP contribution in [0.1, 0.15) is 52.6 Å². The molecule has 0 aliphatic rings. The van der Waals surface area contributed by atoms with E-state index in [2.05, 4.69) is 11.4 Å². The topological polar surface area (TPSA) is 78.9 Å². The first-order valence-electron chi connectivity index (χ1n) is 7.93. The summed E-state index contributed by atoms with van der Waals surface area (Å²) in [4.78, 5) is 10.9. The molecule has 124 valence electrons. The van der Waals surface area contributed by atoms with E-state index in [0.29, 0.717) is 12.1 Å². The Hall–Kier alpha value is -2.48. The van der Waals surface area contributed by atoms with E-state index in [4.69, 9.17) is 5.73 Å². The van der Waals surface area contributed by atoms with Gasteiger partial charge in [-0.05, 0) is 49.1 Å². The number of carbonyl (C=O) groups excluding carboxylic acids is 1. The summed E-state index contributed by atoms with van der Waals surface area (Å²) in [5.74, 6) is 0. The van der Waals surface area contributed by atoms with Gasteiger partial charge in [0.15, 0.2) is 0 Å². The van der Waals surface area contributed by atoms with Crippen LogP contribution in [-0.2, 0) is 12.0 Å². The molecule has 0 aliphatic heterocycles. The van der Waals surface area contributed by atoms with E-state index in [-0.39, 0.29) is 6.17 Å². The number of aryl methyl sites for hydroxylation is 1. The number of aldehydes is 1. The van der Waals surface area contributed by atoms with Gasteiger partial charge in [-0.3, -0.25) is 10.1 Å². The lowest BCUT2D eigenvalue weighted by Crippen LogP contribution is -2.29. The van der Waals surface area contributed by atoms with E-state index in [1.807, 2.05) is 57.2 Å². The molecule has 2 aromatic carbocycles. The number of nitrogens with zero attached hydrogens (tertiary/aromatic N) is 1. The van der Waals surface area contributed by atoms with E-state index in [0.717, 1.165) is 28.5 Å². The Kier molecular flexibility index (Phi) is 5.50. The summed E-state index contributed by atoms with van der Waals surface area (Å²) in [6, 6.07) is 15.8. The summed E-state index contributed by atoms with van der Waals surface area (Å²) in [5.41, 5.74) is 10.3. The van der Waals surface area contributed by atoms with Crippen molar-refractivity contribution in [3.63, 3.8) is 0 Å². The highest BCUT2D eigenvalue weighted by Crippen LogP contribution is 2.23. The Morgan fingerprint density at radius 3 is 2.71 bits per heavy atom. The zero-order valence-electron chi connectivity index (χ0n) is 14.3. The van der Waals surface area contributed by atoms with Gasteiger partial charge in [0.25, 0.3) is 0 Å². The van der Waals surface area contributed by atoms with E-state index >= 15 is 0 Å². The van der Waals surface area contributed by atoms with Crippen LogP contribution < -0.4 is 11.1 Å². The molecular formula is C20H23N3O. The molecule has 24 heavy (non-hydrogen) atoms. The number of hydrogen-bond acceptors (Lipinski definition) is 4. The highest BCUT2D eigenvalue weighted by atomic mass is 16.1. The molecule has 4 nitrogen and oxygen atoms in total. The van der Waals surface area contributed by atoms with Crippen molar-refractivity contribution in [2.45, 2.75) is 38.9 Å². The maximum atomic E-state index is 10.9. The van der Waals surface area contributed by atoms with Crippen LogP contribution in [-0.4, -0.2) is 6.29 Å². The van der Waals surface area contributed by atoms with Crippen molar-refractivity contribution < 1.29 is 4.79 Å². The second-order valence-electron chi connectivity index (χ2n) is 6.53. The quantitative estimate of drug-likeness (QED) is 0.631. The summed E-state index contributed by atoms with van der Waals surface area (Å²) in [6.45, 7) is 6.36. The fourth-order valence-electron chi connectivity index (χ4n) is 2.54. The van der Waals surface area contributed by atoms with E-state index in [1.165, 1.54) is 0 Å². The van der Waals surface area contributed by atoms with Gasteiger partial charge >= 0.3 is 0 Å². The van der Waals surface area contributed by atoms with Gasteiger partial charge in [0.05, 0.1) is 17.6 Å². The maximum absolute atomic E-state index is 10.9. The fourth-order valence-corrected chi connectivity index (χ4v) is 2.54. The lowest BCUT2D eigenvalue weighted by atomic mass is 9.85. The highest BCUT2D eigenvalue weighted by Gasteiger charge is 2.19. The summed E-state index contributed by atoms with van der Waals surface area (Å²) in [5, 5.41) is 12.6. The minimum absolute atomic E-state index is 0.363. The van der Waals surface area contributed by atoms with Gasteiger partial charge in [-0.1, -0.05) is 36.4 Å². The standard InChI is InChI=1S/C20H23N3O/c1-14-7-8-16(12-24)10-18(14)19(22)23-11-15-5-4-6-17(9-15)20(2,3)13-21/h4-10,12,19,23H,11,22H2,1-3H3. The largest absolute Gasteiger partial charge is 0.312 e. The molecule has 0 heterocycles. The first kappa shape index (κ1) is 17.9. The summed E-state index contributed by atoms with van der Waals surface area (Å²) in [6.07, 6.45) is 0.459. The smallest absolute Gasteiger partial charge is 0.150 e. The average molecular weight is 321 g/mol. The molecule has 1 atom stereocenters.